The highest BCUT2D eigenvalue weighted by Crippen LogP contribution is 2.27. The van der Waals surface area contributed by atoms with Crippen molar-refractivity contribution in [3.8, 4) is 0 Å². The smallest absolute Gasteiger partial charge is 0.262 e. The molecular weight excluding hydrogens is 386 g/mol. The molecule has 0 aliphatic carbocycles. The van der Waals surface area contributed by atoms with Crippen LogP contribution in [0.2, 0.25) is 0 Å². The lowest BCUT2D eigenvalue weighted by molar-refractivity contribution is -0.132. The molecule has 1 aliphatic rings. The van der Waals surface area contributed by atoms with Gasteiger partial charge >= 0.3 is 0 Å². The van der Waals surface area contributed by atoms with Gasteiger partial charge in [-0.15, -0.1) is 11.3 Å². The third kappa shape index (κ3) is 3.44. The molecule has 0 bridgehead atoms. The predicted octanol–water partition coefficient (Wildman–Crippen LogP) is 3.13. The van der Waals surface area contributed by atoms with Crippen LogP contribution >= 0.6 is 11.3 Å². The van der Waals surface area contributed by atoms with Gasteiger partial charge < -0.3 is 9.88 Å². The van der Waals surface area contributed by atoms with Crippen molar-refractivity contribution in [2.45, 2.75) is 31.7 Å². The van der Waals surface area contributed by atoms with Crippen LogP contribution in [0.15, 0.2) is 46.8 Å². The molecule has 1 aromatic carbocycles. The minimum absolute atomic E-state index is 0.0723. The van der Waals surface area contributed by atoms with Gasteiger partial charge in [0.2, 0.25) is 5.91 Å². The summed E-state index contributed by atoms with van der Waals surface area (Å²) in [5, 5.41) is 2.48. The highest BCUT2D eigenvalue weighted by atomic mass is 32.1. The highest BCUT2D eigenvalue weighted by molar-refractivity contribution is 7.16. The standard InChI is InChI=1S/C21H21N5O2S/c27-18(7-10-26-13-22-20-15(21(26)28)8-11-29-20)25-9-3-4-14(12-25)19-23-16-5-1-2-6-17(16)24-19/h1-2,5-6,8,11,13-14H,3-4,7,9-10,12H2,(H,23,24). The Bertz CT molecular complexity index is 1210. The van der Waals surface area contributed by atoms with Gasteiger partial charge in [0.25, 0.3) is 5.56 Å². The van der Waals surface area contributed by atoms with Crippen LogP contribution in [0, 0.1) is 0 Å². The first kappa shape index (κ1) is 18.1. The van der Waals surface area contributed by atoms with Crippen molar-refractivity contribution in [1.29, 1.82) is 0 Å². The van der Waals surface area contributed by atoms with Crippen molar-refractivity contribution >= 4 is 38.5 Å². The van der Waals surface area contributed by atoms with Gasteiger partial charge in [-0.25, -0.2) is 9.97 Å². The molecule has 1 unspecified atom stereocenters. The maximum atomic E-state index is 12.8. The summed E-state index contributed by atoms with van der Waals surface area (Å²) in [6.07, 6.45) is 3.81. The van der Waals surface area contributed by atoms with Crippen molar-refractivity contribution in [2.75, 3.05) is 13.1 Å². The number of rotatable bonds is 4. The summed E-state index contributed by atoms with van der Waals surface area (Å²) in [6, 6.07) is 9.78. The first-order valence-electron chi connectivity index (χ1n) is 9.84. The van der Waals surface area contributed by atoms with Gasteiger partial charge in [0, 0.05) is 32.0 Å². The second-order valence-electron chi connectivity index (χ2n) is 7.45. The second kappa shape index (κ2) is 7.44. The Morgan fingerprint density at radius 3 is 3.07 bits per heavy atom. The van der Waals surface area contributed by atoms with Crippen LogP contribution in [-0.4, -0.2) is 43.4 Å². The average molecular weight is 407 g/mol. The summed E-state index contributed by atoms with van der Waals surface area (Å²) in [5.41, 5.74) is 1.91. The molecule has 29 heavy (non-hydrogen) atoms. The number of imidazole rings is 1. The van der Waals surface area contributed by atoms with Crippen LogP contribution in [0.5, 0.6) is 0 Å². The highest BCUT2D eigenvalue weighted by Gasteiger charge is 2.26. The lowest BCUT2D eigenvalue weighted by Crippen LogP contribution is -2.40. The molecule has 0 radical (unpaired) electrons. The number of para-hydroxylation sites is 2. The van der Waals surface area contributed by atoms with E-state index in [9.17, 15) is 9.59 Å². The normalized spacial score (nSPS) is 17.2. The maximum absolute atomic E-state index is 12.8. The lowest BCUT2D eigenvalue weighted by atomic mass is 9.97. The van der Waals surface area contributed by atoms with Crippen LogP contribution in [0.1, 0.15) is 31.0 Å². The molecule has 1 saturated heterocycles. The third-order valence-corrected chi connectivity index (χ3v) is 6.41. The molecule has 1 amide bonds. The molecule has 7 nitrogen and oxygen atoms in total. The van der Waals surface area contributed by atoms with Gasteiger partial charge in [-0.2, -0.15) is 0 Å². The number of likely N-dealkylation sites (tertiary alicyclic amines) is 1. The molecule has 1 N–H and O–H groups in total. The number of amides is 1. The van der Waals surface area contributed by atoms with Gasteiger partial charge in [-0.3, -0.25) is 14.2 Å². The zero-order valence-electron chi connectivity index (χ0n) is 15.9. The van der Waals surface area contributed by atoms with E-state index >= 15 is 0 Å². The molecule has 4 heterocycles. The summed E-state index contributed by atoms with van der Waals surface area (Å²) < 4.78 is 1.54. The van der Waals surface area contributed by atoms with Crippen molar-refractivity contribution < 1.29 is 4.79 Å². The number of aryl methyl sites for hydroxylation is 1. The number of aromatic amines is 1. The van der Waals surface area contributed by atoms with E-state index in [1.807, 2.05) is 34.5 Å². The number of piperidine rings is 1. The largest absolute Gasteiger partial charge is 0.342 e. The summed E-state index contributed by atoms with van der Waals surface area (Å²) >= 11 is 1.45. The molecule has 0 saturated carbocycles. The molecular formula is C21H21N5O2S. The molecule has 4 aromatic rings. The summed E-state index contributed by atoms with van der Waals surface area (Å²) in [4.78, 5) is 40.4. The van der Waals surface area contributed by atoms with E-state index in [2.05, 4.69) is 9.97 Å². The van der Waals surface area contributed by atoms with E-state index < -0.39 is 0 Å². The van der Waals surface area contributed by atoms with Crippen molar-refractivity contribution in [3.63, 3.8) is 0 Å². The zero-order valence-corrected chi connectivity index (χ0v) is 16.7. The lowest BCUT2D eigenvalue weighted by Gasteiger charge is -2.32. The van der Waals surface area contributed by atoms with E-state index in [1.165, 1.54) is 15.9 Å². The Labute approximate surface area is 171 Å². The number of fused-ring (bicyclic) bond motifs is 2. The summed E-state index contributed by atoms with van der Waals surface area (Å²) in [7, 11) is 0. The number of nitrogens with one attached hydrogen (secondary N) is 1. The van der Waals surface area contributed by atoms with Crippen molar-refractivity contribution in [2.24, 2.45) is 0 Å². The van der Waals surface area contributed by atoms with Gasteiger partial charge in [-0.05, 0) is 36.4 Å². The van der Waals surface area contributed by atoms with Gasteiger partial charge in [0.05, 0.1) is 22.7 Å². The van der Waals surface area contributed by atoms with Crippen molar-refractivity contribution in [3.05, 3.63) is 58.2 Å². The van der Waals surface area contributed by atoms with Gasteiger partial charge in [0.15, 0.2) is 0 Å². The fraction of sp³-hybridized carbons (Fsp3) is 0.333. The van der Waals surface area contributed by atoms with Crippen LogP contribution in [-0.2, 0) is 11.3 Å². The topological polar surface area (TPSA) is 83.9 Å². The molecule has 0 spiro atoms. The van der Waals surface area contributed by atoms with Crippen LogP contribution in [0.25, 0.3) is 21.3 Å². The third-order valence-electron chi connectivity index (χ3n) is 5.59. The van der Waals surface area contributed by atoms with E-state index in [1.54, 1.807) is 12.4 Å². The number of hydrogen-bond donors (Lipinski definition) is 1. The van der Waals surface area contributed by atoms with E-state index in [0.29, 0.717) is 24.9 Å². The minimum Gasteiger partial charge on any atom is -0.342 e. The number of thiophene rings is 1. The SMILES string of the molecule is O=C(CCn1cnc2sccc2c1=O)N1CCCC(c2nc3ccccc3[nH]2)C1. The minimum atomic E-state index is -0.0807. The predicted molar refractivity (Wildman–Crippen MR) is 113 cm³/mol. The Hall–Kier alpha value is -3.00. The van der Waals surface area contributed by atoms with Crippen molar-refractivity contribution in [1.82, 2.24) is 24.4 Å². The van der Waals surface area contributed by atoms with E-state index in [4.69, 9.17) is 4.98 Å². The number of carbonyl (C=O) groups excluding carboxylic acids is 1. The fourth-order valence-corrected chi connectivity index (χ4v) is 4.74. The molecule has 3 aromatic heterocycles. The number of carbonyl (C=O) groups is 1. The van der Waals surface area contributed by atoms with Crippen LogP contribution in [0.4, 0.5) is 0 Å². The second-order valence-corrected chi connectivity index (χ2v) is 8.35. The Morgan fingerprint density at radius 1 is 1.28 bits per heavy atom. The monoisotopic (exact) mass is 407 g/mol. The Morgan fingerprint density at radius 2 is 2.17 bits per heavy atom. The number of aromatic nitrogens is 4. The number of hydrogen-bond acceptors (Lipinski definition) is 5. The Balaban J connectivity index is 1.27. The van der Waals surface area contributed by atoms with E-state index in [0.717, 1.165) is 41.1 Å². The van der Waals surface area contributed by atoms with Gasteiger partial charge in [0.1, 0.15) is 10.7 Å². The number of benzene rings is 1. The summed E-state index contributed by atoms with van der Waals surface area (Å²) in [5.74, 6) is 1.24. The van der Waals surface area contributed by atoms with Gasteiger partial charge in [-0.1, -0.05) is 12.1 Å². The van der Waals surface area contributed by atoms with E-state index in [-0.39, 0.29) is 17.4 Å². The summed E-state index contributed by atoms with van der Waals surface area (Å²) in [6.45, 7) is 1.77. The molecule has 5 rings (SSSR count). The van der Waals surface area contributed by atoms with Crippen LogP contribution in [0.3, 0.4) is 0 Å². The number of H-pyrrole nitrogens is 1. The first-order valence-corrected chi connectivity index (χ1v) is 10.7. The quantitative estimate of drug-likeness (QED) is 0.563. The Kier molecular flexibility index (Phi) is 4.63. The van der Waals surface area contributed by atoms with Crippen LogP contribution < -0.4 is 5.56 Å². The number of nitrogens with zero attached hydrogens (tertiary/aromatic N) is 4. The molecule has 1 aliphatic heterocycles. The maximum Gasteiger partial charge on any atom is 0.262 e. The molecule has 8 heteroatoms. The average Bonchev–Trinajstić information content (AvgIpc) is 3.40. The first-order chi connectivity index (χ1) is 14.2. The zero-order chi connectivity index (χ0) is 19.8. The molecule has 148 valence electrons. The molecule has 1 fully saturated rings. The molecule has 1 atom stereocenters. The fourth-order valence-electron chi connectivity index (χ4n) is 4.02.